The van der Waals surface area contributed by atoms with Crippen LogP contribution in [-0.4, -0.2) is 4.70 Å². The molecule has 0 bridgehead atoms. The molecule has 2 aromatic carbocycles. The molecule has 2 aromatic rings. The second-order valence-electron chi connectivity index (χ2n) is 28.6. The molecule has 1 aliphatic heterocycles. The SMILES string of the molecule is CCCCCCCCc1c(C)cc(C2=C(CCCCC)C(CCCCCC)=C(c3cc(C)c(CCCCCCCC)c(C)c3)[N+]2=[N-])cc1C.[C-]#CCCCCCCCCCCCCCCCCCCC.[C-]#CCCCCCCCCCCCCCCCCCCC.[Ni+2]. The maximum absolute atomic E-state index is 12.4. The van der Waals surface area contributed by atoms with Gasteiger partial charge in [0.15, 0.2) is 0 Å². The molecule has 0 radical (unpaired) electrons. The molecule has 0 spiro atoms. The molecule has 2 nitrogen and oxygen atoms in total. The molecule has 1 heterocycles. The number of aryl methyl sites for hydroxylation is 4. The molecule has 0 N–H and O–H groups in total. The third-order valence-electron chi connectivity index (χ3n) is 20.0. The van der Waals surface area contributed by atoms with Gasteiger partial charge in [-0.25, -0.2) is 4.70 Å². The number of rotatable bonds is 59. The Morgan fingerprint density at radius 2 is 0.446 bits per heavy atom. The fourth-order valence-corrected chi connectivity index (χ4v) is 14.2. The average Bonchev–Trinajstić information content (AvgIpc) is 1.60. The molecule has 1 aliphatic rings. The van der Waals surface area contributed by atoms with E-state index in [9.17, 15) is 5.53 Å². The van der Waals surface area contributed by atoms with Crippen LogP contribution in [0.25, 0.3) is 16.9 Å². The second kappa shape index (κ2) is 65.4. The van der Waals surface area contributed by atoms with Gasteiger partial charge in [0.2, 0.25) is 11.4 Å². The minimum atomic E-state index is 0. The van der Waals surface area contributed by atoms with Gasteiger partial charge in [-0.15, -0.1) is 0 Å². The van der Waals surface area contributed by atoms with Crippen LogP contribution in [0, 0.1) is 52.4 Å². The molecule has 0 aromatic heterocycles. The van der Waals surface area contributed by atoms with Crippen molar-refractivity contribution < 1.29 is 21.2 Å². The van der Waals surface area contributed by atoms with E-state index < -0.39 is 0 Å². The smallest absolute Gasteiger partial charge is 0.694 e. The van der Waals surface area contributed by atoms with Gasteiger partial charge in [-0.05, 0) is 162 Å². The van der Waals surface area contributed by atoms with Crippen LogP contribution in [0.3, 0.4) is 0 Å². The van der Waals surface area contributed by atoms with E-state index in [1.54, 1.807) is 4.70 Å². The summed E-state index contributed by atoms with van der Waals surface area (Å²) >= 11 is 0. The van der Waals surface area contributed by atoms with E-state index in [4.69, 9.17) is 12.8 Å². The number of unbranched alkanes of at least 4 members (excludes halogenated alkanes) is 49. The third-order valence-corrected chi connectivity index (χ3v) is 20.0. The summed E-state index contributed by atoms with van der Waals surface area (Å²) < 4.78 is 1.62. The largest absolute Gasteiger partial charge is 2.00 e. The Balaban J connectivity index is 0.00000159. The number of allylic oxidation sites excluding steroid dienone is 2. The Kier molecular flexibility index (Phi) is 63.4. The van der Waals surface area contributed by atoms with Gasteiger partial charge in [0.1, 0.15) is 0 Å². The van der Waals surface area contributed by atoms with Crippen LogP contribution in [-0.2, 0) is 29.3 Å². The molecular formula is C89H152N2Ni. The van der Waals surface area contributed by atoms with Gasteiger partial charge < -0.3 is 30.2 Å². The Labute approximate surface area is 587 Å². The van der Waals surface area contributed by atoms with E-state index in [0.717, 1.165) is 56.3 Å². The van der Waals surface area contributed by atoms with Crippen LogP contribution in [0.1, 0.15) is 452 Å². The van der Waals surface area contributed by atoms with Crippen molar-refractivity contribution in [2.75, 3.05) is 0 Å². The van der Waals surface area contributed by atoms with E-state index in [2.05, 4.69) is 105 Å². The molecule has 0 amide bonds. The van der Waals surface area contributed by atoms with Gasteiger partial charge in [-0.2, -0.15) is 0 Å². The summed E-state index contributed by atoms with van der Waals surface area (Å²) in [7, 11) is 0. The first-order valence-corrected chi connectivity index (χ1v) is 40.6. The van der Waals surface area contributed by atoms with Crippen molar-refractivity contribution in [1.29, 1.82) is 0 Å². The summed E-state index contributed by atoms with van der Waals surface area (Å²) in [6, 6.07) is 9.54. The summed E-state index contributed by atoms with van der Waals surface area (Å²) in [5, 5.41) is 0. The standard InChI is InChI=1S/C47H74N2.2C21H39.Ni/c1-9-13-17-20-22-26-28-42-36(5)32-40(33-37(42)6)46-44(30-24-16-12-4)45(31-25-19-15-11-3)47(49(46)48)41-34-38(7)43(39(8)35-41)29-27-23-21-18-14-10-2;2*1-3-5-7-9-11-13-15-17-19-21-20-18-16-14-12-10-8-6-4-2;/h32-35H,9-31H2,1-8H3;2*3,5-21H2,1H3;/q;2*-1;+2. The second-order valence-corrected chi connectivity index (χ2v) is 28.6. The molecule has 0 aliphatic carbocycles. The van der Waals surface area contributed by atoms with Crippen molar-refractivity contribution in [3.8, 4) is 11.8 Å². The van der Waals surface area contributed by atoms with Crippen LogP contribution in [0.5, 0.6) is 0 Å². The van der Waals surface area contributed by atoms with Gasteiger partial charge >= 0.3 is 16.5 Å². The van der Waals surface area contributed by atoms with Crippen molar-refractivity contribution in [2.45, 2.75) is 448 Å². The predicted molar refractivity (Wildman–Crippen MR) is 408 cm³/mol. The van der Waals surface area contributed by atoms with Crippen LogP contribution in [0.15, 0.2) is 35.4 Å². The molecule has 92 heavy (non-hydrogen) atoms. The monoisotopic (exact) mass is 1310 g/mol. The molecular weight excluding hydrogens is 1160 g/mol. The molecule has 0 fully saturated rings. The number of nitrogens with zero attached hydrogens (tertiary/aromatic N) is 2. The predicted octanol–water partition coefficient (Wildman–Crippen LogP) is 30.7. The molecule has 3 rings (SSSR count). The van der Waals surface area contributed by atoms with Crippen molar-refractivity contribution in [1.82, 2.24) is 0 Å². The fraction of sp³-hybridized carbons (Fsp3) is 0.775. The first kappa shape index (κ1) is 89.1. The first-order valence-electron chi connectivity index (χ1n) is 40.6. The molecule has 0 saturated carbocycles. The van der Waals surface area contributed by atoms with Crippen LogP contribution < -0.4 is 0 Å². The Morgan fingerprint density at radius 1 is 0.272 bits per heavy atom. The maximum Gasteiger partial charge on any atom is 2.00 e. The van der Waals surface area contributed by atoms with Gasteiger partial charge in [-0.1, -0.05) is 343 Å². The van der Waals surface area contributed by atoms with Crippen LogP contribution in [0.2, 0.25) is 0 Å². The summed E-state index contributed by atoms with van der Waals surface area (Å²) in [4.78, 5) is 0. The minimum absolute atomic E-state index is 0. The molecule has 3 heteroatoms. The topological polar surface area (TPSA) is 25.3 Å². The maximum atomic E-state index is 12.4. The van der Waals surface area contributed by atoms with E-state index in [0.29, 0.717) is 0 Å². The van der Waals surface area contributed by atoms with Gasteiger partial charge in [0, 0.05) is 22.3 Å². The Morgan fingerprint density at radius 3 is 0.674 bits per heavy atom. The van der Waals surface area contributed by atoms with Crippen molar-refractivity contribution in [3.63, 3.8) is 0 Å². The van der Waals surface area contributed by atoms with Crippen LogP contribution >= 0.6 is 0 Å². The van der Waals surface area contributed by atoms with Gasteiger partial charge in [0.25, 0.3) is 0 Å². The summed E-state index contributed by atoms with van der Waals surface area (Å²) in [6.07, 6.45) is 92.3. The normalized spacial score (nSPS) is 12.0. The van der Waals surface area contributed by atoms with E-state index in [1.807, 2.05) is 0 Å². The fourth-order valence-electron chi connectivity index (χ4n) is 14.2. The van der Waals surface area contributed by atoms with Crippen LogP contribution in [0.4, 0.5) is 0 Å². The quantitative estimate of drug-likeness (QED) is 0.0207. The van der Waals surface area contributed by atoms with Crippen molar-refractivity contribution in [3.05, 3.63) is 98.3 Å². The van der Waals surface area contributed by atoms with E-state index in [-0.39, 0.29) is 16.5 Å². The van der Waals surface area contributed by atoms with Gasteiger partial charge in [0.05, 0.1) is 0 Å². The zero-order valence-corrected chi connectivity index (χ0v) is 64.2. The third kappa shape index (κ3) is 44.8. The van der Waals surface area contributed by atoms with Gasteiger partial charge in [-0.3, -0.25) is 0 Å². The van der Waals surface area contributed by atoms with E-state index in [1.165, 1.54) is 390 Å². The number of hydrogen-bond donors (Lipinski definition) is 0. The average molecular weight is 1310 g/mol. The first-order chi connectivity index (χ1) is 44.6. The summed E-state index contributed by atoms with van der Waals surface area (Å²) in [5.74, 6) is 4.94. The number of benzene rings is 2. The molecule has 0 unspecified atom stereocenters. The molecule has 0 saturated heterocycles. The zero-order chi connectivity index (χ0) is 66.5. The number of hydrogen-bond acceptors (Lipinski definition) is 0. The molecule has 0 atom stereocenters. The zero-order valence-electron chi connectivity index (χ0n) is 63.2. The molecule has 528 valence electrons. The summed E-state index contributed by atoms with van der Waals surface area (Å²) in [5.41, 5.74) is 28.1. The van der Waals surface area contributed by atoms with Crippen molar-refractivity contribution >= 4 is 11.4 Å². The Hall–Kier alpha value is -2.87. The minimum Gasteiger partial charge on any atom is -0.694 e. The van der Waals surface area contributed by atoms with Crippen molar-refractivity contribution in [2.24, 2.45) is 0 Å². The summed E-state index contributed by atoms with van der Waals surface area (Å²) in [6.45, 7) is 22.9. The van der Waals surface area contributed by atoms with E-state index >= 15 is 0 Å². The Bertz CT molecular complexity index is 2100.